The fourth-order valence-corrected chi connectivity index (χ4v) is 3.92. The molecule has 2 amide bonds. The first-order valence-corrected chi connectivity index (χ1v) is 9.76. The number of piperazine rings is 1. The van der Waals surface area contributed by atoms with E-state index in [1.165, 1.54) is 12.1 Å². The van der Waals surface area contributed by atoms with Gasteiger partial charge in [-0.3, -0.25) is 19.7 Å². The standard InChI is InChI=1S/C19H21N3O6S/c1-27-14-4-3-13(15(12-14)28-2)11-17(23)20-7-9-21(10-8-20)19(24)16-5-6-18(29-16)22(25)26/h3-6,12H,7-11H2,1-2H3. The summed E-state index contributed by atoms with van der Waals surface area (Å²) in [6, 6.07) is 8.12. The van der Waals surface area contributed by atoms with Crippen LogP contribution in [0.5, 0.6) is 11.5 Å². The highest BCUT2D eigenvalue weighted by Gasteiger charge is 2.27. The molecule has 1 aromatic carbocycles. The molecule has 2 heterocycles. The van der Waals surface area contributed by atoms with Crippen molar-refractivity contribution < 1.29 is 24.0 Å². The topological polar surface area (TPSA) is 102 Å². The van der Waals surface area contributed by atoms with Gasteiger partial charge in [-0.15, -0.1) is 0 Å². The Morgan fingerprint density at radius 3 is 2.34 bits per heavy atom. The number of methoxy groups -OCH3 is 2. The van der Waals surface area contributed by atoms with Crippen molar-refractivity contribution in [2.75, 3.05) is 40.4 Å². The molecule has 0 radical (unpaired) electrons. The highest BCUT2D eigenvalue weighted by atomic mass is 32.1. The summed E-state index contributed by atoms with van der Waals surface area (Å²) in [4.78, 5) is 39.2. The van der Waals surface area contributed by atoms with Crippen LogP contribution in [0.2, 0.25) is 0 Å². The van der Waals surface area contributed by atoms with E-state index in [0.717, 1.165) is 16.9 Å². The normalized spacial score (nSPS) is 13.9. The third kappa shape index (κ3) is 4.65. The number of ether oxygens (including phenoxy) is 2. The van der Waals surface area contributed by atoms with Gasteiger partial charge in [0, 0.05) is 43.9 Å². The number of carbonyl (C=O) groups excluding carboxylic acids is 2. The second kappa shape index (κ2) is 8.91. The Morgan fingerprint density at radius 1 is 1.07 bits per heavy atom. The minimum absolute atomic E-state index is 0.0488. The summed E-state index contributed by atoms with van der Waals surface area (Å²) in [5.41, 5.74) is 0.766. The molecule has 0 bridgehead atoms. The van der Waals surface area contributed by atoms with Crippen LogP contribution in [-0.2, 0) is 11.2 Å². The lowest BCUT2D eigenvalue weighted by Gasteiger charge is -2.34. The van der Waals surface area contributed by atoms with E-state index in [1.54, 1.807) is 42.2 Å². The molecule has 0 N–H and O–H groups in total. The maximum atomic E-state index is 12.7. The van der Waals surface area contributed by atoms with Gasteiger partial charge in [-0.25, -0.2) is 0 Å². The van der Waals surface area contributed by atoms with Crippen molar-refractivity contribution in [1.29, 1.82) is 0 Å². The highest BCUT2D eigenvalue weighted by Crippen LogP contribution is 2.27. The zero-order valence-electron chi connectivity index (χ0n) is 16.1. The maximum absolute atomic E-state index is 12.7. The lowest BCUT2D eigenvalue weighted by atomic mass is 10.1. The summed E-state index contributed by atoms with van der Waals surface area (Å²) in [6.45, 7) is 1.60. The number of rotatable bonds is 6. The summed E-state index contributed by atoms with van der Waals surface area (Å²) in [7, 11) is 3.11. The van der Waals surface area contributed by atoms with Crippen LogP contribution in [-0.4, -0.2) is 66.9 Å². The molecule has 3 rings (SSSR count). The Morgan fingerprint density at radius 2 is 1.76 bits per heavy atom. The van der Waals surface area contributed by atoms with Gasteiger partial charge in [-0.05, 0) is 12.1 Å². The van der Waals surface area contributed by atoms with E-state index in [9.17, 15) is 19.7 Å². The van der Waals surface area contributed by atoms with Crippen molar-refractivity contribution in [3.05, 3.63) is 50.9 Å². The summed E-state index contributed by atoms with van der Waals surface area (Å²) in [5, 5.41) is 10.7. The predicted molar refractivity (Wildman–Crippen MR) is 107 cm³/mol. The largest absolute Gasteiger partial charge is 0.497 e. The number of nitro groups is 1. The van der Waals surface area contributed by atoms with Crippen LogP contribution in [0.1, 0.15) is 15.2 Å². The molecule has 0 aliphatic carbocycles. The van der Waals surface area contributed by atoms with Crippen LogP contribution in [0.3, 0.4) is 0 Å². The number of hydrogen-bond donors (Lipinski definition) is 0. The van der Waals surface area contributed by atoms with E-state index in [2.05, 4.69) is 0 Å². The van der Waals surface area contributed by atoms with Gasteiger partial charge in [0.05, 0.1) is 30.4 Å². The molecule has 1 aromatic heterocycles. The lowest BCUT2D eigenvalue weighted by Crippen LogP contribution is -2.50. The van der Waals surface area contributed by atoms with Gasteiger partial charge in [0.2, 0.25) is 5.91 Å². The molecule has 9 nitrogen and oxygen atoms in total. The van der Waals surface area contributed by atoms with Crippen molar-refractivity contribution in [2.24, 2.45) is 0 Å². The molecule has 2 aromatic rings. The number of amides is 2. The third-order valence-electron chi connectivity index (χ3n) is 4.74. The minimum atomic E-state index is -0.508. The first-order chi connectivity index (χ1) is 13.9. The van der Waals surface area contributed by atoms with Crippen molar-refractivity contribution in [2.45, 2.75) is 6.42 Å². The molecule has 154 valence electrons. The number of nitrogens with zero attached hydrogens (tertiary/aromatic N) is 3. The first kappa shape index (κ1) is 20.6. The zero-order chi connectivity index (χ0) is 21.0. The van der Waals surface area contributed by atoms with Gasteiger partial charge in [0.15, 0.2) is 0 Å². The Labute approximate surface area is 171 Å². The van der Waals surface area contributed by atoms with Gasteiger partial charge >= 0.3 is 5.00 Å². The minimum Gasteiger partial charge on any atom is -0.497 e. The maximum Gasteiger partial charge on any atom is 0.324 e. The van der Waals surface area contributed by atoms with E-state index < -0.39 is 4.92 Å². The van der Waals surface area contributed by atoms with E-state index in [-0.39, 0.29) is 23.2 Å². The molecule has 10 heteroatoms. The van der Waals surface area contributed by atoms with Gasteiger partial charge in [0.25, 0.3) is 5.91 Å². The molecule has 0 atom stereocenters. The molecule has 1 aliphatic rings. The van der Waals surface area contributed by atoms with E-state index in [1.807, 2.05) is 0 Å². The first-order valence-electron chi connectivity index (χ1n) is 8.95. The molecular formula is C19H21N3O6S. The smallest absolute Gasteiger partial charge is 0.324 e. The Bertz CT molecular complexity index is 920. The van der Waals surface area contributed by atoms with Gasteiger partial charge in [-0.2, -0.15) is 0 Å². The van der Waals surface area contributed by atoms with E-state index in [0.29, 0.717) is 42.6 Å². The molecule has 0 spiro atoms. The summed E-state index contributed by atoms with van der Waals surface area (Å²) in [5.74, 6) is 0.948. The van der Waals surface area contributed by atoms with Crippen molar-refractivity contribution in [3.8, 4) is 11.5 Å². The fourth-order valence-electron chi connectivity index (χ4n) is 3.13. The Kier molecular flexibility index (Phi) is 6.32. The Balaban J connectivity index is 1.58. The number of benzene rings is 1. The molecular weight excluding hydrogens is 398 g/mol. The van der Waals surface area contributed by atoms with Crippen molar-refractivity contribution in [1.82, 2.24) is 9.80 Å². The molecule has 1 aliphatic heterocycles. The summed E-state index contributed by atoms with van der Waals surface area (Å²) < 4.78 is 10.5. The molecule has 1 saturated heterocycles. The quantitative estimate of drug-likeness (QED) is 0.525. The molecule has 29 heavy (non-hydrogen) atoms. The van der Waals surface area contributed by atoms with Crippen LogP contribution in [0.15, 0.2) is 30.3 Å². The predicted octanol–water partition coefficient (Wildman–Crippen LogP) is 2.20. The molecule has 1 fully saturated rings. The SMILES string of the molecule is COc1ccc(CC(=O)N2CCN(C(=O)c3ccc([N+](=O)[O-])s3)CC2)c(OC)c1. The van der Waals surface area contributed by atoms with Crippen LogP contribution in [0.4, 0.5) is 5.00 Å². The van der Waals surface area contributed by atoms with Crippen molar-refractivity contribution >= 4 is 28.2 Å². The monoisotopic (exact) mass is 419 g/mol. The second-order valence-corrected chi connectivity index (χ2v) is 7.48. The Hall–Kier alpha value is -3.14. The molecule has 0 unspecified atom stereocenters. The van der Waals surface area contributed by atoms with Crippen LogP contribution in [0, 0.1) is 10.1 Å². The van der Waals surface area contributed by atoms with E-state index in [4.69, 9.17) is 9.47 Å². The van der Waals surface area contributed by atoms with Crippen molar-refractivity contribution in [3.63, 3.8) is 0 Å². The number of hydrogen-bond acceptors (Lipinski definition) is 7. The number of carbonyl (C=O) groups is 2. The van der Waals surface area contributed by atoms with Crippen LogP contribution in [0.25, 0.3) is 0 Å². The average Bonchev–Trinajstić information content (AvgIpc) is 3.24. The van der Waals surface area contributed by atoms with Gasteiger partial charge in [-0.1, -0.05) is 17.4 Å². The molecule has 0 saturated carbocycles. The third-order valence-corrected chi connectivity index (χ3v) is 5.76. The number of thiophene rings is 1. The average molecular weight is 419 g/mol. The second-order valence-electron chi connectivity index (χ2n) is 6.42. The lowest BCUT2D eigenvalue weighted by molar-refractivity contribution is -0.380. The van der Waals surface area contributed by atoms with Crippen LogP contribution < -0.4 is 9.47 Å². The summed E-state index contributed by atoms with van der Waals surface area (Å²) >= 11 is 0.864. The van der Waals surface area contributed by atoms with Gasteiger partial charge in [0.1, 0.15) is 11.5 Å². The van der Waals surface area contributed by atoms with Gasteiger partial charge < -0.3 is 19.3 Å². The fraction of sp³-hybridized carbons (Fsp3) is 0.368. The summed E-state index contributed by atoms with van der Waals surface area (Å²) in [6.07, 6.45) is 0.193. The van der Waals surface area contributed by atoms with E-state index >= 15 is 0 Å². The highest BCUT2D eigenvalue weighted by molar-refractivity contribution is 7.17. The van der Waals surface area contributed by atoms with Crippen LogP contribution >= 0.6 is 11.3 Å². The zero-order valence-corrected chi connectivity index (χ0v) is 16.9.